The van der Waals surface area contributed by atoms with Crippen molar-refractivity contribution in [1.29, 1.82) is 0 Å². The number of nitrogens with two attached hydrogens (primary N) is 1. The van der Waals surface area contributed by atoms with Crippen LogP contribution in [0.2, 0.25) is 0 Å². The number of hydrogen-bond donors (Lipinski definition) is 1. The quantitative estimate of drug-likeness (QED) is 0.689. The molecule has 0 aliphatic heterocycles. The van der Waals surface area contributed by atoms with Gasteiger partial charge in [-0.3, -0.25) is 0 Å². The van der Waals surface area contributed by atoms with E-state index in [0.717, 1.165) is 6.42 Å². The number of alkyl halides is 3. The lowest BCUT2D eigenvalue weighted by molar-refractivity contribution is -0.274. The Bertz CT molecular complexity index is 853. The number of nitrogens with zero attached hydrogens (tertiary/aromatic N) is 2. The Kier molecular flexibility index (Phi) is 5.27. The third-order valence-electron chi connectivity index (χ3n) is 3.32. The Labute approximate surface area is 151 Å². The molecule has 0 amide bonds. The number of nitrogen functional groups attached to an aromatic ring is 1. The van der Waals surface area contributed by atoms with E-state index < -0.39 is 6.36 Å². The van der Waals surface area contributed by atoms with Crippen LogP contribution < -0.4 is 15.2 Å². The molecule has 0 aliphatic carbocycles. The molecule has 0 saturated heterocycles. The zero-order valence-corrected chi connectivity index (χ0v) is 14.2. The third-order valence-corrected chi connectivity index (χ3v) is 4.25. The van der Waals surface area contributed by atoms with Crippen LogP contribution in [0.3, 0.4) is 0 Å². The smallest absolute Gasteiger partial charge is 0.476 e. The predicted molar refractivity (Wildman–Crippen MR) is 92.1 cm³/mol. The Hall–Kier alpha value is -2.81. The minimum atomic E-state index is -4.73. The van der Waals surface area contributed by atoms with Crippen LogP contribution in [0, 0.1) is 0 Å². The highest BCUT2D eigenvalue weighted by molar-refractivity contribution is 7.09. The molecular weight excluding hydrogens is 367 g/mol. The second-order valence-electron chi connectivity index (χ2n) is 5.19. The molecule has 0 aliphatic rings. The van der Waals surface area contributed by atoms with Crippen LogP contribution in [0.1, 0.15) is 4.88 Å². The third kappa shape index (κ3) is 4.85. The molecule has 0 unspecified atom stereocenters. The van der Waals surface area contributed by atoms with Crippen molar-refractivity contribution in [3.8, 4) is 22.9 Å². The van der Waals surface area contributed by atoms with Gasteiger partial charge in [0.15, 0.2) is 5.82 Å². The lowest BCUT2D eigenvalue weighted by Gasteiger charge is -2.10. The number of halogens is 3. The summed E-state index contributed by atoms with van der Waals surface area (Å²) < 4.78 is 45.9. The molecule has 3 rings (SSSR count). The van der Waals surface area contributed by atoms with Gasteiger partial charge in [0.05, 0.1) is 12.8 Å². The van der Waals surface area contributed by atoms with Gasteiger partial charge in [-0.05, 0) is 35.7 Å². The lowest BCUT2D eigenvalue weighted by Crippen LogP contribution is -2.16. The Morgan fingerprint density at radius 2 is 1.88 bits per heavy atom. The van der Waals surface area contributed by atoms with E-state index in [4.69, 9.17) is 10.5 Å². The predicted octanol–water partition coefficient (Wildman–Crippen LogP) is 4.31. The summed E-state index contributed by atoms with van der Waals surface area (Å²) >= 11 is 1.64. The summed E-state index contributed by atoms with van der Waals surface area (Å²) in [5, 5.41) is 1.99. The van der Waals surface area contributed by atoms with Gasteiger partial charge < -0.3 is 15.2 Å². The van der Waals surface area contributed by atoms with Crippen molar-refractivity contribution < 1.29 is 22.6 Å². The fraction of sp³-hybridized carbons (Fsp3) is 0.176. The number of benzene rings is 1. The van der Waals surface area contributed by atoms with Crippen LogP contribution in [0.5, 0.6) is 11.6 Å². The van der Waals surface area contributed by atoms with Crippen molar-refractivity contribution in [2.45, 2.75) is 12.8 Å². The van der Waals surface area contributed by atoms with Crippen molar-refractivity contribution >= 4 is 17.2 Å². The van der Waals surface area contributed by atoms with E-state index in [1.54, 1.807) is 11.3 Å². The molecule has 26 heavy (non-hydrogen) atoms. The van der Waals surface area contributed by atoms with Crippen LogP contribution in [-0.4, -0.2) is 22.9 Å². The largest absolute Gasteiger partial charge is 0.573 e. The van der Waals surface area contributed by atoms with Gasteiger partial charge in [-0.2, -0.15) is 4.98 Å². The van der Waals surface area contributed by atoms with Gasteiger partial charge in [-0.25, -0.2) is 4.98 Å². The molecule has 0 bridgehead atoms. The number of thiophene rings is 1. The summed E-state index contributed by atoms with van der Waals surface area (Å²) in [5.74, 6) is 0.101. The first-order chi connectivity index (χ1) is 12.4. The van der Waals surface area contributed by atoms with E-state index in [1.807, 2.05) is 17.5 Å². The van der Waals surface area contributed by atoms with E-state index in [9.17, 15) is 13.2 Å². The lowest BCUT2D eigenvalue weighted by atomic mass is 10.1. The Morgan fingerprint density at radius 3 is 2.50 bits per heavy atom. The number of ether oxygens (including phenoxy) is 2. The molecule has 0 radical (unpaired) electrons. The van der Waals surface area contributed by atoms with E-state index in [-0.39, 0.29) is 11.6 Å². The first-order valence-electron chi connectivity index (χ1n) is 7.54. The summed E-state index contributed by atoms with van der Waals surface area (Å²) in [6.07, 6.45) is -2.55. The van der Waals surface area contributed by atoms with Crippen molar-refractivity contribution in [1.82, 2.24) is 9.97 Å². The topological polar surface area (TPSA) is 70.3 Å². The maximum atomic E-state index is 12.2. The van der Waals surface area contributed by atoms with Crippen molar-refractivity contribution in [2.24, 2.45) is 0 Å². The summed E-state index contributed by atoms with van der Waals surface area (Å²) in [4.78, 5) is 9.53. The zero-order valence-electron chi connectivity index (χ0n) is 13.4. The van der Waals surface area contributed by atoms with Gasteiger partial charge in [-0.15, -0.1) is 24.5 Å². The highest BCUT2D eigenvalue weighted by Gasteiger charge is 2.31. The molecule has 9 heteroatoms. The molecule has 1 aromatic carbocycles. The van der Waals surface area contributed by atoms with Crippen LogP contribution in [0.4, 0.5) is 19.0 Å². The molecule has 2 N–H and O–H groups in total. The Balaban J connectivity index is 1.65. The van der Waals surface area contributed by atoms with Gasteiger partial charge in [0.25, 0.3) is 0 Å². The number of aromatic nitrogens is 2. The number of anilines is 1. The summed E-state index contributed by atoms with van der Waals surface area (Å²) in [7, 11) is 0. The molecule has 0 fully saturated rings. The highest BCUT2D eigenvalue weighted by Crippen LogP contribution is 2.28. The normalized spacial score (nSPS) is 11.3. The molecule has 2 heterocycles. The van der Waals surface area contributed by atoms with Gasteiger partial charge in [0.2, 0.25) is 5.88 Å². The summed E-state index contributed by atoms with van der Waals surface area (Å²) in [6, 6.07) is 9.23. The first-order valence-corrected chi connectivity index (χ1v) is 8.42. The number of rotatable bonds is 6. The standard InChI is InChI=1S/C17H14F3N3O2S/c18-17(19,20)25-12-5-3-11(4-6-12)15-16(21)23-14(10-22-15)24-8-7-13-2-1-9-26-13/h1-6,9-10H,7-8H2,(H2,21,23). The van der Waals surface area contributed by atoms with Crippen LogP contribution in [0.25, 0.3) is 11.3 Å². The minimum Gasteiger partial charge on any atom is -0.476 e. The molecule has 2 aromatic heterocycles. The molecule has 0 atom stereocenters. The maximum absolute atomic E-state index is 12.2. The first kappa shape index (κ1) is 18.0. The van der Waals surface area contributed by atoms with Crippen molar-refractivity contribution in [3.05, 3.63) is 52.9 Å². The molecular formula is C17H14F3N3O2S. The van der Waals surface area contributed by atoms with E-state index in [2.05, 4.69) is 14.7 Å². The monoisotopic (exact) mass is 381 g/mol. The van der Waals surface area contributed by atoms with Crippen LogP contribution in [0.15, 0.2) is 48.0 Å². The average Bonchev–Trinajstić information content (AvgIpc) is 3.08. The Morgan fingerprint density at radius 1 is 1.12 bits per heavy atom. The zero-order chi connectivity index (χ0) is 18.6. The summed E-state index contributed by atoms with van der Waals surface area (Å²) in [5.41, 5.74) is 6.78. The molecule has 0 saturated carbocycles. The van der Waals surface area contributed by atoms with Gasteiger partial charge in [0.1, 0.15) is 11.4 Å². The van der Waals surface area contributed by atoms with Gasteiger partial charge >= 0.3 is 6.36 Å². The minimum absolute atomic E-state index is 0.128. The van der Waals surface area contributed by atoms with E-state index >= 15 is 0 Å². The fourth-order valence-corrected chi connectivity index (χ4v) is 2.89. The van der Waals surface area contributed by atoms with Crippen LogP contribution >= 0.6 is 11.3 Å². The average molecular weight is 381 g/mol. The highest BCUT2D eigenvalue weighted by atomic mass is 32.1. The van der Waals surface area contributed by atoms with Crippen molar-refractivity contribution in [3.63, 3.8) is 0 Å². The van der Waals surface area contributed by atoms with Gasteiger partial charge in [0, 0.05) is 16.9 Å². The fourth-order valence-electron chi connectivity index (χ4n) is 2.20. The van der Waals surface area contributed by atoms with E-state index in [1.165, 1.54) is 35.3 Å². The summed E-state index contributed by atoms with van der Waals surface area (Å²) in [6.45, 7) is 0.442. The van der Waals surface area contributed by atoms with Gasteiger partial charge in [-0.1, -0.05) is 6.07 Å². The second-order valence-corrected chi connectivity index (χ2v) is 6.22. The second kappa shape index (κ2) is 7.61. The SMILES string of the molecule is Nc1nc(OCCc2cccs2)cnc1-c1ccc(OC(F)(F)F)cc1. The van der Waals surface area contributed by atoms with Crippen LogP contribution in [-0.2, 0) is 6.42 Å². The maximum Gasteiger partial charge on any atom is 0.573 e. The van der Waals surface area contributed by atoms with E-state index in [0.29, 0.717) is 23.7 Å². The molecule has 5 nitrogen and oxygen atoms in total. The molecule has 0 spiro atoms. The number of hydrogen-bond acceptors (Lipinski definition) is 6. The molecule has 136 valence electrons. The molecule has 3 aromatic rings. The van der Waals surface area contributed by atoms with Crippen molar-refractivity contribution in [2.75, 3.05) is 12.3 Å².